The van der Waals surface area contributed by atoms with Gasteiger partial charge in [-0.25, -0.2) is 4.79 Å². The Balaban J connectivity index is 2.00. The molecule has 2 rings (SSSR count). The molecule has 1 aromatic carbocycles. The number of benzene rings is 1. The van der Waals surface area contributed by atoms with Gasteiger partial charge in [0.15, 0.2) is 0 Å². The van der Waals surface area contributed by atoms with E-state index in [0.29, 0.717) is 6.54 Å². The van der Waals surface area contributed by atoms with Crippen LogP contribution in [-0.2, 0) is 0 Å². The van der Waals surface area contributed by atoms with Gasteiger partial charge in [0.25, 0.3) is 5.69 Å². The van der Waals surface area contributed by atoms with E-state index < -0.39 is 10.9 Å². The first-order valence-corrected chi connectivity index (χ1v) is 7.79. The van der Waals surface area contributed by atoms with Crippen molar-refractivity contribution in [2.75, 3.05) is 43.0 Å². The molecule has 0 atom stereocenters. The van der Waals surface area contributed by atoms with Crippen LogP contribution < -0.4 is 5.32 Å². The summed E-state index contributed by atoms with van der Waals surface area (Å²) in [4.78, 5) is 23.7. The summed E-state index contributed by atoms with van der Waals surface area (Å²) in [6.07, 6.45) is 0. The minimum absolute atomic E-state index is 0.0393. The number of anilines is 1. The van der Waals surface area contributed by atoms with Crippen LogP contribution in [0.15, 0.2) is 18.2 Å². The summed E-state index contributed by atoms with van der Waals surface area (Å²) in [6.45, 7) is 3.37. The molecule has 21 heavy (non-hydrogen) atoms. The maximum atomic E-state index is 11.0. The van der Waals surface area contributed by atoms with Crippen molar-refractivity contribution in [1.29, 1.82) is 0 Å². The molecule has 0 saturated carbocycles. The van der Waals surface area contributed by atoms with Gasteiger partial charge in [0, 0.05) is 43.8 Å². The fraction of sp³-hybridized carbons (Fsp3) is 0.462. The number of thioether (sulfide) groups is 1. The number of rotatable bonds is 6. The maximum Gasteiger partial charge on any atom is 0.335 e. The lowest BCUT2D eigenvalue weighted by Gasteiger charge is -2.26. The average molecular weight is 311 g/mol. The van der Waals surface area contributed by atoms with Crippen molar-refractivity contribution in [1.82, 2.24) is 4.90 Å². The van der Waals surface area contributed by atoms with Gasteiger partial charge in [0.1, 0.15) is 5.69 Å². The summed E-state index contributed by atoms with van der Waals surface area (Å²) in [5.74, 6) is 1.12. The van der Waals surface area contributed by atoms with Crippen LogP contribution in [0.4, 0.5) is 11.4 Å². The number of aromatic carboxylic acids is 1. The number of hydrogen-bond donors (Lipinski definition) is 2. The Kier molecular flexibility index (Phi) is 5.40. The van der Waals surface area contributed by atoms with Crippen molar-refractivity contribution in [3.63, 3.8) is 0 Å². The van der Waals surface area contributed by atoms with Crippen LogP contribution in [0.3, 0.4) is 0 Å². The Hall–Kier alpha value is -1.80. The first-order valence-electron chi connectivity index (χ1n) is 6.63. The summed E-state index contributed by atoms with van der Waals surface area (Å²) in [6, 6.07) is 3.78. The molecule has 8 heteroatoms. The highest BCUT2D eigenvalue weighted by Crippen LogP contribution is 2.25. The van der Waals surface area contributed by atoms with Gasteiger partial charge in [0.2, 0.25) is 0 Å². The van der Waals surface area contributed by atoms with Crippen LogP contribution in [0.1, 0.15) is 10.4 Å². The Labute approximate surface area is 126 Å². The van der Waals surface area contributed by atoms with E-state index in [0.717, 1.165) is 31.1 Å². The molecule has 1 aromatic rings. The third-order valence-electron chi connectivity index (χ3n) is 3.29. The van der Waals surface area contributed by atoms with Gasteiger partial charge >= 0.3 is 5.97 Å². The smallest absolute Gasteiger partial charge is 0.335 e. The zero-order valence-electron chi connectivity index (χ0n) is 11.4. The molecule has 1 aliphatic heterocycles. The van der Waals surface area contributed by atoms with Crippen LogP contribution in [0.2, 0.25) is 0 Å². The Morgan fingerprint density at radius 1 is 1.43 bits per heavy atom. The van der Waals surface area contributed by atoms with Gasteiger partial charge in [-0.15, -0.1) is 0 Å². The fourth-order valence-electron chi connectivity index (χ4n) is 2.14. The number of nitrogens with zero attached hydrogens (tertiary/aromatic N) is 2. The molecule has 1 heterocycles. The van der Waals surface area contributed by atoms with Gasteiger partial charge in [-0.1, -0.05) is 0 Å². The van der Waals surface area contributed by atoms with E-state index in [2.05, 4.69) is 10.2 Å². The van der Waals surface area contributed by atoms with Gasteiger partial charge in [-0.2, -0.15) is 11.8 Å². The van der Waals surface area contributed by atoms with E-state index in [-0.39, 0.29) is 16.9 Å². The van der Waals surface area contributed by atoms with Crippen LogP contribution >= 0.6 is 11.8 Å². The number of carboxylic acids is 1. The molecule has 114 valence electrons. The number of nitro benzene ring substituents is 1. The lowest BCUT2D eigenvalue weighted by atomic mass is 10.1. The van der Waals surface area contributed by atoms with Gasteiger partial charge in [0.05, 0.1) is 10.5 Å². The summed E-state index contributed by atoms with van der Waals surface area (Å²) in [5, 5.41) is 22.9. The quantitative estimate of drug-likeness (QED) is 0.610. The van der Waals surface area contributed by atoms with Crippen LogP contribution in [0.25, 0.3) is 0 Å². The highest BCUT2D eigenvalue weighted by Gasteiger charge is 2.17. The molecule has 0 radical (unpaired) electrons. The Morgan fingerprint density at radius 3 is 2.76 bits per heavy atom. The molecule has 1 saturated heterocycles. The highest BCUT2D eigenvalue weighted by molar-refractivity contribution is 7.99. The standard InChI is InChI=1S/C13H17N3O4S/c17-13(18)10-1-2-12(16(19)20)11(9-10)14-3-4-15-5-7-21-8-6-15/h1-2,9,14H,3-8H2,(H,17,18). The van der Waals surface area contributed by atoms with E-state index in [1.54, 1.807) is 0 Å². The Bertz CT molecular complexity index is 532. The van der Waals surface area contributed by atoms with Crippen molar-refractivity contribution in [3.8, 4) is 0 Å². The molecule has 0 bridgehead atoms. The third kappa shape index (κ3) is 4.33. The van der Waals surface area contributed by atoms with Crippen molar-refractivity contribution < 1.29 is 14.8 Å². The summed E-state index contributed by atoms with van der Waals surface area (Å²) < 4.78 is 0. The van der Waals surface area contributed by atoms with Crippen molar-refractivity contribution in [3.05, 3.63) is 33.9 Å². The molecule has 2 N–H and O–H groups in total. The molecule has 0 spiro atoms. The fourth-order valence-corrected chi connectivity index (χ4v) is 3.12. The second-order valence-electron chi connectivity index (χ2n) is 4.67. The summed E-state index contributed by atoms with van der Waals surface area (Å²) >= 11 is 1.92. The molecule has 0 aromatic heterocycles. The summed E-state index contributed by atoms with van der Waals surface area (Å²) in [5.41, 5.74) is 0.193. The SMILES string of the molecule is O=C(O)c1ccc([N+](=O)[O-])c(NCCN2CCSCC2)c1. The molecule has 0 unspecified atom stereocenters. The average Bonchev–Trinajstić information content (AvgIpc) is 2.48. The molecule has 0 aliphatic carbocycles. The molecule has 7 nitrogen and oxygen atoms in total. The van der Waals surface area contributed by atoms with E-state index >= 15 is 0 Å². The number of carboxylic acid groups (broad SMARTS) is 1. The van der Waals surface area contributed by atoms with Crippen molar-refractivity contribution >= 4 is 29.1 Å². The van der Waals surface area contributed by atoms with Crippen LogP contribution in [0, 0.1) is 10.1 Å². The largest absolute Gasteiger partial charge is 0.478 e. The third-order valence-corrected chi connectivity index (χ3v) is 4.23. The number of carbonyl (C=O) groups is 1. The minimum Gasteiger partial charge on any atom is -0.478 e. The lowest BCUT2D eigenvalue weighted by molar-refractivity contribution is -0.384. The monoisotopic (exact) mass is 311 g/mol. The first-order chi connectivity index (χ1) is 10.1. The van der Waals surface area contributed by atoms with E-state index in [1.807, 2.05) is 11.8 Å². The van der Waals surface area contributed by atoms with E-state index in [9.17, 15) is 14.9 Å². The van der Waals surface area contributed by atoms with Crippen LogP contribution in [0.5, 0.6) is 0 Å². The van der Waals surface area contributed by atoms with Crippen LogP contribution in [-0.4, -0.2) is 58.6 Å². The summed E-state index contributed by atoms with van der Waals surface area (Å²) in [7, 11) is 0. The molecular formula is C13H17N3O4S. The topological polar surface area (TPSA) is 95.7 Å². The zero-order chi connectivity index (χ0) is 15.2. The maximum absolute atomic E-state index is 11.0. The Morgan fingerprint density at radius 2 is 2.14 bits per heavy atom. The van der Waals surface area contributed by atoms with Crippen molar-refractivity contribution in [2.45, 2.75) is 0 Å². The molecule has 1 aliphatic rings. The first kappa shape index (κ1) is 15.6. The van der Waals surface area contributed by atoms with Crippen molar-refractivity contribution in [2.24, 2.45) is 0 Å². The predicted octanol–water partition coefficient (Wildman–Crippen LogP) is 1.75. The second kappa shape index (κ2) is 7.28. The lowest BCUT2D eigenvalue weighted by Crippen LogP contribution is -2.36. The molecule has 0 amide bonds. The van der Waals surface area contributed by atoms with Gasteiger partial charge in [-0.3, -0.25) is 15.0 Å². The predicted molar refractivity (Wildman–Crippen MR) is 82.3 cm³/mol. The molecular weight excluding hydrogens is 294 g/mol. The molecule has 1 fully saturated rings. The van der Waals surface area contributed by atoms with E-state index in [1.165, 1.54) is 18.2 Å². The zero-order valence-corrected chi connectivity index (χ0v) is 12.3. The second-order valence-corrected chi connectivity index (χ2v) is 5.90. The minimum atomic E-state index is -1.10. The number of nitrogens with one attached hydrogen (secondary N) is 1. The van der Waals surface area contributed by atoms with Gasteiger partial charge in [-0.05, 0) is 12.1 Å². The number of hydrogen-bond acceptors (Lipinski definition) is 6. The van der Waals surface area contributed by atoms with E-state index in [4.69, 9.17) is 5.11 Å². The number of nitro groups is 1. The highest BCUT2D eigenvalue weighted by atomic mass is 32.2. The normalized spacial score (nSPS) is 15.6. The van der Waals surface area contributed by atoms with Gasteiger partial charge < -0.3 is 10.4 Å².